The van der Waals surface area contributed by atoms with E-state index in [-0.39, 0.29) is 12.2 Å². The van der Waals surface area contributed by atoms with Crippen LogP contribution in [0.25, 0.3) is 0 Å². The monoisotopic (exact) mass is 478 g/mol. The van der Waals surface area contributed by atoms with E-state index in [4.69, 9.17) is 19.9 Å². The van der Waals surface area contributed by atoms with Gasteiger partial charge in [0, 0.05) is 56.4 Å². The van der Waals surface area contributed by atoms with Crippen molar-refractivity contribution in [1.29, 1.82) is 0 Å². The zero-order valence-corrected chi connectivity index (χ0v) is 20.5. The Morgan fingerprint density at radius 2 is 2.18 bits per heavy atom. The zero-order valence-electron chi connectivity index (χ0n) is 19.7. The topological polar surface area (TPSA) is 98.9 Å². The van der Waals surface area contributed by atoms with E-state index in [1.165, 1.54) is 0 Å². The van der Waals surface area contributed by atoms with Gasteiger partial charge in [-0.3, -0.25) is 4.79 Å². The molecule has 8 nitrogen and oxygen atoms in total. The van der Waals surface area contributed by atoms with Crippen molar-refractivity contribution in [1.82, 2.24) is 14.6 Å². The molecule has 1 atom stereocenters. The fourth-order valence-electron chi connectivity index (χ4n) is 3.84. The first-order valence-corrected chi connectivity index (χ1v) is 12.8. The number of amides is 1. The summed E-state index contributed by atoms with van der Waals surface area (Å²) in [6.45, 7) is 6.67. The number of hydrogen-bond donors (Lipinski definition) is 2. The summed E-state index contributed by atoms with van der Waals surface area (Å²) in [5, 5.41) is 2.98. The SMILES string of the molecule is C/C=C(\CN)COc1ccc(SN2CCC(CC(=O)NCCOC3CCCCO3)CC2)cn1. The number of ether oxygens (including phenoxy) is 3. The number of hydrogen-bond acceptors (Lipinski definition) is 8. The van der Waals surface area contributed by atoms with E-state index in [1.807, 2.05) is 31.3 Å². The largest absolute Gasteiger partial charge is 0.473 e. The summed E-state index contributed by atoms with van der Waals surface area (Å²) in [4.78, 5) is 17.7. The number of rotatable bonds is 12. The maximum Gasteiger partial charge on any atom is 0.220 e. The molecule has 0 aliphatic carbocycles. The van der Waals surface area contributed by atoms with Crippen LogP contribution in [0.4, 0.5) is 0 Å². The minimum Gasteiger partial charge on any atom is -0.473 e. The van der Waals surface area contributed by atoms with E-state index in [9.17, 15) is 4.79 Å². The maximum atomic E-state index is 12.3. The van der Waals surface area contributed by atoms with Crippen LogP contribution >= 0.6 is 11.9 Å². The molecule has 1 aromatic heterocycles. The minimum absolute atomic E-state index is 0.0985. The molecule has 2 fully saturated rings. The lowest BCUT2D eigenvalue weighted by Gasteiger charge is -2.30. The van der Waals surface area contributed by atoms with Gasteiger partial charge in [0.2, 0.25) is 11.8 Å². The summed E-state index contributed by atoms with van der Waals surface area (Å²) in [5.74, 6) is 1.15. The van der Waals surface area contributed by atoms with Crippen molar-refractivity contribution in [3.8, 4) is 5.88 Å². The van der Waals surface area contributed by atoms with Gasteiger partial charge in [-0.2, -0.15) is 0 Å². The summed E-state index contributed by atoms with van der Waals surface area (Å²) in [5.41, 5.74) is 6.71. The predicted octanol–water partition coefficient (Wildman–Crippen LogP) is 3.13. The molecule has 2 aliphatic rings. The van der Waals surface area contributed by atoms with E-state index >= 15 is 0 Å². The molecule has 1 unspecified atom stereocenters. The Hall–Kier alpha value is -1.65. The fourth-order valence-corrected chi connectivity index (χ4v) is 4.76. The van der Waals surface area contributed by atoms with E-state index in [0.29, 0.717) is 44.5 Å². The maximum absolute atomic E-state index is 12.3. The van der Waals surface area contributed by atoms with E-state index < -0.39 is 0 Å². The normalized spacial score (nSPS) is 20.5. The quantitative estimate of drug-likeness (QED) is 0.269. The molecule has 3 heterocycles. The van der Waals surface area contributed by atoms with Crippen molar-refractivity contribution < 1.29 is 19.0 Å². The molecule has 1 aromatic rings. The highest BCUT2D eigenvalue weighted by Crippen LogP contribution is 2.29. The Labute approximate surface area is 201 Å². The van der Waals surface area contributed by atoms with Crippen LogP contribution in [-0.4, -0.2) is 67.5 Å². The van der Waals surface area contributed by atoms with E-state index in [1.54, 1.807) is 11.9 Å². The molecule has 3 N–H and O–H groups in total. The van der Waals surface area contributed by atoms with E-state index in [0.717, 1.165) is 62.3 Å². The number of carbonyl (C=O) groups is 1. The lowest BCUT2D eigenvalue weighted by Crippen LogP contribution is -2.34. The van der Waals surface area contributed by atoms with Crippen LogP contribution in [0, 0.1) is 5.92 Å². The lowest BCUT2D eigenvalue weighted by atomic mass is 9.94. The number of piperidine rings is 1. The Bertz CT molecular complexity index is 732. The van der Waals surface area contributed by atoms with Crippen molar-refractivity contribution in [3.63, 3.8) is 0 Å². The number of nitrogens with one attached hydrogen (secondary N) is 1. The molecular weight excluding hydrogens is 440 g/mol. The second kappa shape index (κ2) is 14.6. The van der Waals surface area contributed by atoms with Crippen LogP contribution in [0.5, 0.6) is 5.88 Å². The first kappa shape index (κ1) is 26.0. The third-order valence-corrected chi connectivity index (χ3v) is 7.01. The highest BCUT2D eigenvalue weighted by Gasteiger charge is 2.22. The summed E-state index contributed by atoms with van der Waals surface area (Å²) in [7, 11) is 0. The van der Waals surface area contributed by atoms with Crippen molar-refractivity contribution in [2.45, 2.75) is 56.6 Å². The smallest absolute Gasteiger partial charge is 0.220 e. The molecule has 0 aromatic carbocycles. The fraction of sp³-hybridized carbons (Fsp3) is 0.667. The first-order chi connectivity index (χ1) is 16.2. The van der Waals surface area contributed by atoms with Gasteiger partial charge in [-0.25, -0.2) is 9.29 Å². The summed E-state index contributed by atoms with van der Waals surface area (Å²) >= 11 is 1.71. The molecule has 184 valence electrons. The Balaban J connectivity index is 1.27. The van der Waals surface area contributed by atoms with Crippen molar-refractivity contribution in [3.05, 3.63) is 30.0 Å². The van der Waals surface area contributed by atoms with Crippen molar-refractivity contribution in [2.24, 2.45) is 11.7 Å². The number of nitrogens with zero attached hydrogens (tertiary/aromatic N) is 2. The second-order valence-corrected chi connectivity index (χ2v) is 9.63. The number of carbonyl (C=O) groups excluding carboxylic acids is 1. The molecule has 0 radical (unpaired) electrons. The highest BCUT2D eigenvalue weighted by atomic mass is 32.2. The third-order valence-electron chi connectivity index (χ3n) is 5.93. The van der Waals surface area contributed by atoms with Crippen LogP contribution in [0.2, 0.25) is 0 Å². The van der Waals surface area contributed by atoms with Crippen LogP contribution in [-0.2, 0) is 14.3 Å². The summed E-state index contributed by atoms with van der Waals surface area (Å²) in [6.07, 6.45) is 9.56. The molecule has 0 spiro atoms. The molecule has 9 heteroatoms. The summed E-state index contributed by atoms with van der Waals surface area (Å²) in [6, 6.07) is 3.93. The average molecular weight is 479 g/mol. The van der Waals surface area contributed by atoms with Crippen LogP contribution in [0.1, 0.15) is 45.4 Å². The van der Waals surface area contributed by atoms with Gasteiger partial charge in [0.1, 0.15) is 6.61 Å². The minimum atomic E-state index is -0.0985. The van der Waals surface area contributed by atoms with Crippen molar-refractivity contribution >= 4 is 17.9 Å². The predicted molar refractivity (Wildman–Crippen MR) is 130 cm³/mol. The third kappa shape index (κ3) is 9.62. The number of pyridine rings is 1. The zero-order chi connectivity index (χ0) is 23.3. The Kier molecular flexibility index (Phi) is 11.5. The molecular formula is C24H38N4O4S. The molecule has 2 saturated heterocycles. The van der Waals surface area contributed by atoms with Crippen LogP contribution < -0.4 is 15.8 Å². The highest BCUT2D eigenvalue weighted by molar-refractivity contribution is 7.97. The van der Waals surface area contributed by atoms with Crippen LogP contribution in [0.3, 0.4) is 0 Å². The molecule has 3 rings (SSSR count). The van der Waals surface area contributed by atoms with E-state index in [2.05, 4.69) is 14.6 Å². The molecule has 0 bridgehead atoms. The molecule has 33 heavy (non-hydrogen) atoms. The molecule has 0 saturated carbocycles. The second-order valence-electron chi connectivity index (χ2n) is 8.46. The van der Waals surface area contributed by atoms with Gasteiger partial charge in [-0.05, 0) is 68.5 Å². The standard InChI is InChI=1S/C24H38N4O4S/c1-2-19(16-25)18-32-23-7-6-21(17-27-23)33-28-11-8-20(9-12-28)15-22(29)26-10-14-31-24-5-3-4-13-30-24/h2,6-7,17,20,24H,3-5,8-16,18,25H2,1H3,(H,26,29)/b19-2+. The number of nitrogens with two attached hydrogens (primary N) is 1. The van der Waals surface area contributed by atoms with Gasteiger partial charge in [0.05, 0.1) is 6.61 Å². The average Bonchev–Trinajstić information content (AvgIpc) is 2.85. The Morgan fingerprint density at radius 1 is 1.33 bits per heavy atom. The van der Waals surface area contributed by atoms with Gasteiger partial charge in [-0.15, -0.1) is 0 Å². The number of aromatic nitrogens is 1. The summed E-state index contributed by atoms with van der Waals surface area (Å²) < 4.78 is 19.2. The van der Waals surface area contributed by atoms with Gasteiger partial charge in [0.15, 0.2) is 6.29 Å². The van der Waals surface area contributed by atoms with Crippen LogP contribution in [0.15, 0.2) is 34.9 Å². The van der Waals surface area contributed by atoms with Gasteiger partial charge in [-0.1, -0.05) is 6.08 Å². The first-order valence-electron chi connectivity index (χ1n) is 12.0. The number of allylic oxidation sites excluding steroid dienone is 1. The van der Waals surface area contributed by atoms with Crippen molar-refractivity contribution in [2.75, 3.05) is 46.0 Å². The van der Waals surface area contributed by atoms with Gasteiger partial charge >= 0.3 is 0 Å². The lowest BCUT2D eigenvalue weighted by molar-refractivity contribution is -0.161. The Morgan fingerprint density at radius 3 is 2.85 bits per heavy atom. The molecule has 2 aliphatic heterocycles. The molecule has 1 amide bonds. The van der Waals surface area contributed by atoms with Gasteiger partial charge < -0.3 is 25.3 Å². The van der Waals surface area contributed by atoms with Gasteiger partial charge in [0.25, 0.3) is 0 Å².